The van der Waals surface area contributed by atoms with E-state index in [1.165, 1.54) is 18.2 Å². The topological polar surface area (TPSA) is 63.5 Å². The number of carbonyl (C=O) groups excluding carboxylic acids is 1. The molecule has 5 nitrogen and oxygen atoms in total. The van der Waals surface area contributed by atoms with Gasteiger partial charge >= 0.3 is 0 Å². The van der Waals surface area contributed by atoms with Gasteiger partial charge in [-0.3, -0.25) is 14.9 Å². The Morgan fingerprint density at radius 1 is 1.48 bits per heavy atom. The first-order valence-electron chi connectivity index (χ1n) is 6.68. The van der Waals surface area contributed by atoms with Crippen LogP contribution in [0.5, 0.6) is 0 Å². The SMILES string of the molecule is CS[C@H]1CC[C@H](N(C)C(=O)c2c(Cl)cccc2[N+](=O)[O-])C1. The van der Waals surface area contributed by atoms with E-state index < -0.39 is 4.92 Å². The molecule has 0 spiro atoms. The van der Waals surface area contributed by atoms with Crippen molar-refractivity contribution in [3.8, 4) is 0 Å². The molecule has 1 aliphatic carbocycles. The van der Waals surface area contributed by atoms with Gasteiger partial charge in [-0.05, 0) is 31.6 Å². The molecule has 7 heteroatoms. The number of benzene rings is 1. The van der Waals surface area contributed by atoms with Crippen molar-refractivity contribution in [2.75, 3.05) is 13.3 Å². The van der Waals surface area contributed by atoms with Crippen LogP contribution in [0.25, 0.3) is 0 Å². The van der Waals surface area contributed by atoms with Gasteiger partial charge in [-0.25, -0.2) is 0 Å². The number of halogens is 1. The van der Waals surface area contributed by atoms with Crippen LogP contribution in [0.15, 0.2) is 18.2 Å². The Hall–Kier alpha value is -1.27. The van der Waals surface area contributed by atoms with Crippen LogP contribution in [0.3, 0.4) is 0 Å². The van der Waals surface area contributed by atoms with Gasteiger partial charge in [0.15, 0.2) is 0 Å². The molecular weight excluding hydrogens is 312 g/mol. The first-order chi connectivity index (χ1) is 9.95. The highest BCUT2D eigenvalue weighted by atomic mass is 35.5. The van der Waals surface area contributed by atoms with Crippen LogP contribution in [-0.2, 0) is 0 Å². The number of carbonyl (C=O) groups is 1. The Labute approximate surface area is 132 Å². The number of hydrogen-bond acceptors (Lipinski definition) is 4. The van der Waals surface area contributed by atoms with Crippen LogP contribution in [0.1, 0.15) is 29.6 Å². The molecule has 1 aromatic rings. The Kier molecular flexibility index (Phi) is 5.11. The molecule has 1 amide bonds. The monoisotopic (exact) mass is 328 g/mol. The summed E-state index contributed by atoms with van der Waals surface area (Å²) in [6.45, 7) is 0. The molecule has 0 aliphatic heterocycles. The molecule has 1 fully saturated rings. The van der Waals surface area contributed by atoms with Crippen molar-refractivity contribution in [2.24, 2.45) is 0 Å². The number of thioether (sulfide) groups is 1. The lowest BCUT2D eigenvalue weighted by molar-refractivity contribution is -0.385. The van der Waals surface area contributed by atoms with E-state index in [0.29, 0.717) is 5.25 Å². The van der Waals surface area contributed by atoms with Crippen LogP contribution in [0.4, 0.5) is 5.69 Å². The van der Waals surface area contributed by atoms with Crippen LogP contribution in [-0.4, -0.2) is 40.3 Å². The molecule has 2 atom stereocenters. The summed E-state index contributed by atoms with van der Waals surface area (Å²) >= 11 is 7.82. The molecule has 1 saturated carbocycles. The van der Waals surface area contributed by atoms with E-state index in [1.54, 1.807) is 23.7 Å². The van der Waals surface area contributed by atoms with Crippen molar-refractivity contribution >= 4 is 35.0 Å². The third kappa shape index (κ3) is 3.32. The maximum Gasteiger partial charge on any atom is 0.283 e. The van der Waals surface area contributed by atoms with E-state index in [9.17, 15) is 14.9 Å². The summed E-state index contributed by atoms with van der Waals surface area (Å²) in [5.41, 5.74) is -0.252. The second-order valence-electron chi connectivity index (χ2n) is 5.13. The Bertz CT molecular complexity index is 567. The first-order valence-corrected chi connectivity index (χ1v) is 8.35. The highest BCUT2D eigenvalue weighted by Gasteiger charge is 2.33. The third-order valence-corrected chi connectivity index (χ3v) is 5.37. The lowest BCUT2D eigenvalue weighted by Gasteiger charge is -2.25. The lowest BCUT2D eigenvalue weighted by atomic mass is 10.1. The summed E-state index contributed by atoms with van der Waals surface area (Å²) in [6.07, 6.45) is 4.97. The number of rotatable bonds is 4. The average molecular weight is 329 g/mol. The minimum Gasteiger partial charge on any atom is -0.338 e. The maximum absolute atomic E-state index is 12.6. The Balaban J connectivity index is 2.26. The van der Waals surface area contributed by atoms with Gasteiger partial charge in [0.25, 0.3) is 11.6 Å². The number of nitro groups is 1. The molecular formula is C14H17ClN2O3S. The predicted molar refractivity (Wildman–Crippen MR) is 85.1 cm³/mol. The summed E-state index contributed by atoms with van der Waals surface area (Å²) in [5.74, 6) is -0.376. The molecule has 0 bridgehead atoms. The van der Waals surface area contributed by atoms with Crippen molar-refractivity contribution < 1.29 is 9.72 Å². The van der Waals surface area contributed by atoms with E-state index in [0.717, 1.165) is 19.3 Å². The number of nitrogens with zero attached hydrogens (tertiary/aromatic N) is 2. The van der Waals surface area contributed by atoms with E-state index >= 15 is 0 Å². The zero-order chi connectivity index (χ0) is 15.6. The fourth-order valence-electron chi connectivity index (χ4n) is 2.70. The normalized spacial score (nSPS) is 21.3. The zero-order valence-electron chi connectivity index (χ0n) is 11.9. The van der Waals surface area contributed by atoms with Crippen molar-refractivity contribution in [3.05, 3.63) is 38.9 Å². The average Bonchev–Trinajstić information content (AvgIpc) is 2.94. The van der Waals surface area contributed by atoms with Crippen LogP contribution < -0.4 is 0 Å². The van der Waals surface area contributed by atoms with Gasteiger partial charge in [-0.2, -0.15) is 11.8 Å². The van der Waals surface area contributed by atoms with E-state index in [4.69, 9.17) is 11.6 Å². The molecule has 1 aromatic carbocycles. The summed E-state index contributed by atoms with van der Waals surface area (Å²) in [4.78, 5) is 24.7. The quantitative estimate of drug-likeness (QED) is 0.625. The van der Waals surface area contributed by atoms with E-state index in [-0.39, 0.29) is 28.2 Å². The van der Waals surface area contributed by atoms with Crippen molar-refractivity contribution in [3.63, 3.8) is 0 Å². The minimum absolute atomic E-state index is 0.0146. The van der Waals surface area contributed by atoms with Crippen LogP contribution >= 0.6 is 23.4 Å². The van der Waals surface area contributed by atoms with Crippen molar-refractivity contribution in [1.29, 1.82) is 0 Å². The molecule has 0 radical (unpaired) electrons. The first kappa shape index (κ1) is 16.1. The number of amides is 1. The summed E-state index contributed by atoms with van der Waals surface area (Å²) in [5, 5.41) is 11.8. The van der Waals surface area contributed by atoms with E-state index in [2.05, 4.69) is 6.26 Å². The molecule has 0 saturated heterocycles. The molecule has 21 heavy (non-hydrogen) atoms. The second-order valence-corrected chi connectivity index (χ2v) is 6.68. The van der Waals surface area contributed by atoms with E-state index in [1.807, 2.05) is 0 Å². The molecule has 114 valence electrons. The van der Waals surface area contributed by atoms with Crippen LogP contribution in [0, 0.1) is 10.1 Å². The molecule has 0 aromatic heterocycles. The van der Waals surface area contributed by atoms with Gasteiger partial charge in [0.2, 0.25) is 0 Å². The highest BCUT2D eigenvalue weighted by Crippen LogP contribution is 2.33. The molecule has 2 rings (SSSR count). The van der Waals surface area contributed by atoms with Gasteiger partial charge in [-0.1, -0.05) is 17.7 Å². The number of nitro benzene ring substituents is 1. The summed E-state index contributed by atoms with van der Waals surface area (Å²) < 4.78 is 0. The fraction of sp³-hybridized carbons (Fsp3) is 0.500. The van der Waals surface area contributed by atoms with Gasteiger partial charge in [0.1, 0.15) is 5.56 Å². The number of hydrogen-bond donors (Lipinski definition) is 0. The summed E-state index contributed by atoms with van der Waals surface area (Å²) in [6, 6.07) is 4.42. The maximum atomic E-state index is 12.6. The lowest BCUT2D eigenvalue weighted by Crippen LogP contribution is -2.36. The molecule has 0 N–H and O–H groups in total. The van der Waals surface area contributed by atoms with Gasteiger partial charge in [-0.15, -0.1) is 0 Å². The Morgan fingerprint density at radius 2 is 2.19 bits per heavy atom. The van der Waals surface area contributed by atoms with Gasteiger partial charge in [0, 0.05) is 24.4 Å². The Morgan fingerprint density at radius 3 is 2.76 bits per heavy atom. The summed E-state index contributed by atoms with van der Waals surface area (Å²) in [7, 11) is 1.70. The van der Waals surface area contributed by atoms with Crippen molar-refractivity contribution in [2.45, 2.75) is 30.6 Å². The third-order valence-electron chi connectivity index (χ3n) is 3.96. The second kappa shape index (κ2) is 6.66. The zero-order valence-corrected chi connectivity index (χ0v) is 13.5. The van der Waals surface area contributed by atoms with Gasteiger partial charge < -0.3 is 4.90 Å². The highest BCUT2D eigenvalue weighted by molar-refractivity contribution is 7.99. The predicted octanol–water partition coefficient (Wildman–Crippen LogP) is 3.60. The smallest absolute Gasteiger partial charge is 0.283 e. The molecule has 0 heterocycles. The van der Waals surface area contributed by atoms with Gasteiger partial charge in [0.05, 0.1) is 9.95 Å². The largest absolute Gasteiger partial charge is 0.338 e. The van der Waals surface area contributed by atoms with Crippen LogP contribution in [0.2, 0.25) is 5.02 Å². The molecule has 1 aliphatic rings. The van der Waals surface area contributed by atoms with Crippen molar-refractivity contribution in [1.82, 2.24) is 4.90 Å². The standard InChI is InChI=1S/C14H17ClN2O3S/c1-16(9-6-7-10(8-9)21-2)14(18)13-11(15)4-3-5-12(13)17(19)20/h3-5,9-10H,6-8H2,1-2H3/t9-,10-/m0/s1. The fourth-order valence-corrected chi connectivity index (χ4v) is 3.74. The minimum atomic E-state index is -0.563. The molecule has 0 unspecified atom stereocenters.